The Bertz CT molecular complexity index is 578. The van der Waals surface area contributed by atoms with E-state index in [1.54, 1.807) is 0 Å². The van der Waals surface area contributed by atoms with Gasteiger partial charge in [0.15, 0.2) is 0 Å². The van der Waals surface area contributed by atoms with Crippen LogP contribution < -0.4 is 9.88 Å². The summed E-state index contributed by atoms with van der Waals surface area (Å²) >= 11 is 6.66. The minimum Gasteiger partial charge on any atom is -0.490 e. The van der Waals surface area contributed by atoms with Gasteiger partial charge in [-0.2, -0.15) is 0 Å². The highest BCUT2D eigenvalue weighted by atomic mass is 79.9. The second kappa shape index (κ2) is 7.41. The minimum absolute atomic E-state index is 0.0460. The van der Waals surface area contributed by atoms with Crippen molar-refractivity contribution in [3.8, 4) is 5.75 Å². The maximum absolute atomic E-state index is 11.4. The van der Waals surface area contributed by atoms with E-state index in [0.29, 0.717) is 21.3 Å². The summed E-state index contributed by atoms with van der Waals surface area (Å²) in [6.07, 6.45) is 3.80. The predicted octanol–water partition coefficient (Wildman–Crippen LogP) is 2.72. The largest absolute Gasteiger partial charge is 0.490 e. The zero-order chi connectivity index (χ0) is 15.5. The fraction of sp³-hybridized carbons (Fsp3) is 0.538. The summed E-state index contributed by atoms with van der Waals surface area (Å²) < 4.78 is 29.6. The Balaban J connectivity index is 2.00. The van der Waals surface area contributed by atoms with Crippen molar-refractivity contribution in [3.63, 3.8) is 0 Å². The summed E-state index contributed by atoms with van der Waals surface area (Å²) in [5.74, 6) is 0.597. The van der Waals surface area contributed by atoms with Crippen LogP contribution in [0.1, 0.15) is 19.3 Å². The lowest BCUT2D eigenvalue weighted by Gasteiger charge is -2.26. The quantitative estimate of drug-likeness (QED) is 0.762. The van der Waals surface area contributed by atoms with Crippen molar-refractivity contribution >= 4 is 41.9 Å². The van der Waals surface area contributed by atoms with Crippen LogP contribution in [0.25, 0.3) is 0 Å². The van der Waals surface area contributed by atoms with Crippen molar-refractivity contribution in [2.45, 2.75) is 24.2 Å². The van der Waals surface area contributed by atoms with Crippen LogP contribution in [0, 0.1) is 0 Å². The molecule has 21 heavy (non-hydrogen) atoms. The normalized spacial score (nSPS) is 16.9. The van der Waals surface area contributed by atoms with Crippen LogP contribution in [0.2, 0.25) is 0 Å². The molecule has 2 N–H and O–H groups in total. The molecule has 2 rings (SSSR count). The van der Waals surface area contributed by atoms with Crippen molar-refractivity contribution in [3.05, 3.63) is 21.1 Å². The van der Waals surface area contributed by atoms with Gasteiger partial charge in [0.25, 0.3) is 0 Å². The molecule has 0 atom stereocenters. The molecule has 5 nitrogen and oxygen atoms in total. The monoisotopic (exact) mass is 440 g/mol. The van der Waals surface area contributed by atoms with Gasteiger partial charge in [0.1, 0.15) is 12.4 Å². The van der Waals surface area contributed by atoms with Gasteiger partial charge >= 0.3 is 0 Å². The molecule has 0 amide bonds. The fourth-order valence-corrected chi connectivity index (χ4v) is 4.58. The number of halogens is 2. The van der Waals surface area contributed by atoms with Gasteiger partial charge in [0, 0.05) is 6.54 Å². The lowest BCUT2D eigenvalue weighted by molar-refractivity contribution is 0.182. The number of nitrogens with two attached hydrogens (primary N) is 1. The molecule has 0 aliphatic carbocycles. The van der Waals surface area contributed by atoms with Gasteiger partial charge in [-0.3, -0.25) is 4.90 Å². The van der Waals surface area contributed by atoms with E-state index in [0.717, 1.165) is 19.6 Å². The van der Waals surface area contributed by atoms with Crippen LogP contribution in [-0.4, -0.2) is 39.6 Å². The Morgan fingerprint density at radius 2 is 1.71 bits per heavy atom. The van der Waals surface area contributed by atoms with E-state index in [-0.39, 0.29) is 4.90 Å². The number of primary sulfonamides is 1. The molecule has 0 spiro atoms. The minimum atomic E-state index is -3.73. The molecule has 1 aliphatic rings. The van der Waals surface area contributed by atoms with Crippen LogP contribution >= 0.6 is 31.9 Å². The maximum atomic E-state index is 11.4. The van der Waals surface area contributed by atoms with Gasteiger partial charge < -0.3 is 4.74 Å². The summed E-state index contributed by atoms with van der Waals surface area (Å²) in [6.45, 7) is 3.67. The van der Waals surface area contributed by atoms with Gasteiger partial charge in [-0.05, 0) is 69.9 Å². The van der Waals surface area contributed by atoms with E-state index < -0.39 is 10.0 Å². The fourth-order valence-electron chi connectivity index (χ4n) is 2.30. The Morgan fingerprint density at radius 1 is 1.14 bits per heavy atom. The third-order valence-corrected chi connectivity index (χ3v) is 5.47. The third kappa shape index (κ3) is 4.92. The first-order chi connectivity index (χ1) is 9.88. The Hall–Kier alpha value is -0.150. The van der Waals surface area contributed by atoms with Crippen molar-refractivity contribution in [2.24, 2.45) is 5.14 Å². The van der Waals surface area contributed by atoms with Crippen LogP contribution in [0.15, 0.2) is 26.0 Å². The molecular weight excluding hydrogens is 424 g/mol. The summed E-state index contributed by atoms with van der Waals surface area (Å²) in [7, 11) is -3.73. The number of hydrogen-bond donors (Lipinski definition) is 1. The lowest BCUT2D eigenvalue weighted by atomic mass is 10.1. The first kappa shape index (κ1) is 17.2. The summed E-state index contributed by atoms with van der Waals surface area (Å²) in [6, 6.07) is 2.91. The van der Waals surface area contributed by atoms with Crippen molar-refractivity contribution < 1.29 is 13.2 Å². The van der Waals surface area contributed by atoms with Crippen molar-refractivity contribution in [1.82, 2.24) is 4.90 Å². The number of nitrogens with zero attached hydrogens (tertiary/aromatic N) is 1. The Morgan fingerprint density at radius 3 is 2.24 bits per heavy atom. The number of ether oxygens (including phenoxy) is 1. The average Bonchev–Trinajstić information content (AvgIpc) is 2.42. The predicted molar refractivity (Wildman–Crippen MR) is 89.0 cm³/mol. The molecular formula is C13H18Br2N2O3S. The summed E-state index contributed by atoms with van der Waals surface area (Å²) in [5, 5.41) is 5.13. The second-order valence-corrected chi connectivity index (χ2v) is 8.28. The van der Waals surface area contributed by atoms with E-state index in [4.69, 9.17) is 9.88 Å². The highest BCUT2D eigenvalue weighted by Crippen LogP contribution is 2.35. The van der Waals surface area contributed by atoms with Crippen LogP contribution in [0.4, 0.5) is 0 Å². The van der Waals surface area contributed by atoms with Crippen LogP contribution in [-0.2, 0) is 10.0 Å². The van der Waals surface area contributed by atoms with Crippen molar-refractivity contribution in [2.75, 3.05) is 26.2 Å². The number of sulfonamides is 1. The zero-order valence-electron chi connectivity index (χ0n) is 11.5. The smallest absolute Gasteiger partial charge is 0.238 e. The van der Waals surface area contributed by atoms with Gasteiger partial charge in [-0.25, -0.2) is 13.6 Å². The molecule has 0 bridgehead atoms. The first-order valence-corrected chi connectivity index (χ1v) is 9.88. The number of hydrogen-bond acceptors (Lipinski definition) is 4. The maximum Gasteiger partial charge on any atom is 0.238 e. The van der Waals surface area contributed by atoms with E-state index in [1.165, 1.54) is 31.4 Å². The standard InChI is InChI=1S/C13H18Br2N2O3S/c14-11-8-10(21(16,18)19)9-12(15)13(11)20-7-6-17-4-2-1-3-5-17/h8-9H,1-7H2,(H2,16,18,19). The number of benzene rings is 1. The van der Waals surface area contributed by atoms with Gasteiger partial charge in [0.2, 0.25) is 10.0 Å². The van der Waals surface area contributed by atoms with Crippen molar-refractivity contribution in [1.29, 1.82) is 0 Å². The second-order valence-electron chi connectivity index (χ2n) is 5.01. The highest BCUT2D eigenvalue weighted by molar-refractivity contribution is 9.11. The highest BCUT2D eigenvalue weighted by Gasteiger charge is 2.16. The van der Waals surface area contributed by atoms with Gasteiger partial charge in [-0.15, -0.1) is 0 Å². The molecule has 1 fully saturated rings. The Kier molecular flexibility index (Phi) is 6.07. The molecule has 0 aromatic heterocycles. The van der Waals surface area contributed by atoms with E-state index in [9.17, 15) is 8.42 Å². The molecule has 1 heterocycles. The zero-order valence-corrected chi connectivity index (χ0v) is 15.5. The molecule has 1 aromatic rings. The van der Waals surface area contributed by atoms with Crippen LogP contribution in [0.5, 0.6) is 5.75 Å². The first-order valence-electron chi connectivity index (χ1n) is 6.75. The SMILES string of the molecule is NS(=O)(=O)c1cc(Br)c(OCCN2CCCCC2)c(Br)c1. The average molecular weight is 442 g/mol. The molecule has 0 radical (unpaired) electrons. The van der Waals surface area contributed by atoms with Gasteiger partial charge in [0.05, 0.1) is 13.8 Å². The number of likely N-dealkylation sites (tertiary alicyclic amines) is 1. The number of rotatable bonds is 5. The molecule has 0 unspecified atom stereocenters. The van der Waals surface area contributed by atoms with Gasteiger partial charge in [-0.1, -0.05) is 6.42 Å². The lowest BCUT2D eigenvalue weighted by Crippen LogP contribution is -2.33. The molecule has 0 saturated carbocycles. The molecule has 1 aliphatic heterocycles. The summed E-state index contributed by atoms with van der Waals surface area (Å²) in [4.78, 5) is 2.42. The molecule has 1 aromatic carbocycles. The van der Waals surface area contributed by atoms with Crippen LogP contribution in [0.3, 0.4) is 0 Å². The molecule has 8 heteroatoms. The number of piperidine rings is 1. The Labute approximate surface area is 142 Å². The van der Waals surface area contributed by atoms with E-state index >= 15 is 0 Å². The molecule has 118 valence electrons. The topological polar surface area (TPSA) is 72.6 Å². The van der Waals surface area contributed by atoms with E-state index in [2.05, 4.69) is 36.8 Å². The van der Waals surface area contributed by atoms with E-state index in [1.807, 2.05) is 0 Å². The molecule has 1 saturated heterocycles. The third-order valence-electron chi connectivity index (χ3n) is 3.40. The summed E-state index contributed by atoms with van der Waals surface area (Å²) in [5.41, 5.74) is 0.